The van der Waals surface area contributed by atoms with Crippen molar-refractivity contribution in [2.24, 2.45) is 0 Å². The third-order valence-corrected chi connectivity index (χ3v) is 5.15. The average Bonchev–Trinajstić information content (AvgIpc) is 2.79. The zero-order valence-corrected chi connectivity index (χ0v) is 16.4. The first-order valence-electron chi connectivity index (χ1n) is 9.81. The maximum atomic E-state index is 11.1. The van der Waals surface area contributed by atoms with Crippen LogP contribution in [0.5, 0.6) is 0 Å². The van der Waals surface area contributed by atoms with Crippen molar-refractivity contribution >= 4 is 11.9 Å². The van der Waals surface area contributed by atoms with E-state index in [0.29, 0.717) is 19.0 Å². The average molecular weight is 405 g/mol. The van der Waals surface area contributed by atoms with Crippen LogP contribution in [-0.2, 0) is 4.74 Å². The van der Waals surface area contributed by atoms with Gasteiger partial charge in [0.05, 0.1) is 24.9 Å². The van der Waals surface area contributed by atoms with Gasteiger partial charge in [-0.25, -0.2) is 9.78 Å². The Morgan fingerprint density at radius 1 is 1.00 bits per heavy atom. The van der Waals surface area contributed by atoms with Crippen LogP contribution < -0.4 is 5.32 Å². The quantitative estimate of drug-likeness (QED) is 0.650. The molecule has 154 valence electrons. The van der Waals surface area contributed by atoms with Crippen molar-refractivity contribution in [2.75, 3.05) is 31.6 Å². The van der Waals surface area contributed by atoms with Gasteiger partial charge in [-0.1, -0.05) is 18.2 Å². The minimum atomic E-state index is -1.14. The number of ether oxygens (including phenoxy) is 1. The SMILES string of the molecule is O=C(O)Nc1cccc(C(C(c2cccnc2)c2cccnc2)N2CCOCC2)n1. The number of pyridine rings is 3. The first kappa shape index (κ1) is 19.9. The lowest BCUT2D eigenvalue weighted by Crippen LogP contribution is -2.42. The minimum Gasteiger partial charge on any atom is -0.465 e. The summed E-state index contributed by atoms with van der Waals surface area (Å²) >= 11 is 0. The largest absolute Gasteiger partial charge is 0.465 e. The van der Waals surface area contributed by atoms with Crippen LogP contribution in [0.3, 0.4) is 0 Å². The normalized spacial score (nSPS) is 15.6. The number of morpholine rings is 1. The fourth-order valence-electron chi connectivity index (χ4n) is 3.90. The summed E-state index contributed by atoms with van der Waals surface area (Å²) < 4.78 is 5.58. The molecular weight excluding hydrogens is 382 g/mol. The Labute approximate surface area is 174 Å². The van der Waals surface area contributed by atoms with Crippen LogP contribution in [0.2, 0.25) is 0 Å². The van der Waals surface area contributed by atoms with E-state index in [1.165, 1.54) is 0 Å². The van der Waals surface area contributed by atoms with Crippen LogP contribution in [0.15, 0.2) is 67.3 Å². The Morgan fingerprint density at radius 2 is 1.67 bits per heavy atom. The number of carbonyl (C=O) groups is 1. The van der Waals surface area contributed by atoms with Gasteiger partial charge in [0.2, 0.25) is 0 Å². The van der Waals surface area contributed by atoms with Crippen LogP contribution in [0, 0.1) is 0 Å². The maximum Gasteiger partial charge on any atom is 0.410 e. The molecule has 1 aliphatic rings. The van der Waals surface area contributed by atoms with Crippen molar-refractivity contribution in [1.29, 1.82) is 0 Å². The van der Waals surface area contributed by atoms with Gasteiger partial charge in [-0.2, -0.15) is 0 Å². The van der Waals surface area contributed by atoms with E-state index < -0.39 is 6.09 Å². The maximum absolute atomic E-state index is 11.1. The third kappa shape index (κ3) is 4.61. The van der Waals surface area contributed by atoms with Gasteiger partial charge >= 0.3 is 6.09 Å². The molecule has 1 atom stereocenters. The van der Waals surface area contributed by atoms with E-state index in [9.17, 15) is 4.79 Å². The van der Waals surface area contributed by atoms with Crippen LogP contribution in [0.1, 0.15) is 28.8 Å². The second-order valence-corrected chi connectivity index (χ2v) is 7.02. The Bertz CT molecular complexity index is 925. The molecule has 30 heavy (non-hydrogen) atoms. The highest BCUT2D eigenvalue weighted by Gasteiger charge is 2.34. The van der Waals surface area contributed by atoms with Crippen molar-refractivity contribution in [3.05, 3.63) is 84.1 Å². The molecule has 0 bridgehead atoms. The molecule has 0 saturated carbocycles. The highest BCUT2D eigenvalue weighted by Crippen LogP contribution is 2.40. The molecule has 8 heteroatoms. The molecule has 0 spiro atoms. The van der Waals surface area contributed by atoms with E-state index in [4.69, 9.17) is 9.84 Å². The van der Waals surface area contributed by atoms with Gasteiger partial charge in [0.25, 0.3) is 0 Å². The molecule has 1 amide bonds. The number of hydrogen-bond donors (Lipinski definition) is 2. The number of carboxylic acid groups (broad SMARTS) is 1. The second-order valence-electron chi connectivity index (χ2n) is 7.02. The number of aromatic nitrogens is 3. The van der Waals surface area contributed by atoms with Crippen molar-refractivity contribution in [1.82, 2.24) is 19.9 Å². The van der Waals surface area contributed by atoms with Gasteiger partial charge in [0, 0.05) is 43.8 Å². The van der Waals surface area contributed by atoms with Crippen LogP contribution in [0.4, 0.5) is 10.6 Å². The first-order valence-corrected chi connectivity index (χ1v) is 9.81. The summed E-state index contributed by atoms with van der Waals surface area (Å²) in [6, 6.07) is 13.2. The Hall–Kier alpha value is -3.36. The molecule has 8 nitrogen and oxygen atoms in total. The van der Waals surface area contributed by atoms with Gasteiger partial charge in [-0.3, -0.25) is 20.2 Å². The summed E-state index contributed by atoms with van der Waals surface area (Å²) in [4.78, 5) is 26.8. The van der Waals surface area contributed by atoms with Crippen molar-refractivity contribution in [2.45, 2.75) is 12.0 Å². The third-order valence-electron chi connectivity index (χ3n) is 5.15. The smallest absolute Gasteiger partial charge is 0.410 e. The number of rotatable bonds is 6. The number of anilines is 1. The summed E-state index contributed by atoms with van der Waals surface area (Å²) in [6.07, 6.45) is 6.10. The van der Waals surface area contributed by atoms with E-state index in [0.717, 1.165) is 29.9 Å². The van der Waals surface area contributed by atoms with Crippen LogP contribution >= 0.6 is 0 Å². The molecule has 3 aromatic rings. The highest BCUT2D eigenvalue weighted by atomic mass is 16.5. The van der Waals surface area contributed by atoms with Gasteiger partial charge < -0.3 is 9.84 Å². The Kier molecular flexibility index (Phi) is 6.26. The monoisotopic (exact) mass is 405 g/mol. The molecule has 4 rings (SSSR count). The number of amides is 1. The molecule has 1 unspecified atom stereocenters. The second kappa shape index (κ2) is 9.43. The van der Waals surface area contributed by atoms with Crippen LogP contribution in [-0.4, -0.2) is 57.4 Å². The molecule has 4 heterocycles. The van der Waals surface area contributed by atoms with E-state index >= 15 is 0 Å². The number of hydrogen-bond acceptors (Lipinski definition) is 6. The van der Waals surface area contributed by atoms with Gasteiger partial charge in [-0.15, -0.1) is 0 Å². The number of nitrogens with zero attached hydrogens (tertiary/aromatic N) is 4. The summed E-state index contributed by atoms with van der Waals surface area (Å²) in [5.74, 6) is 0.215. The van der Waals surface area contributed by atoms with Crippen molar-refractivity contribution < 1.29 is 14.6 Å². The van der Waals surface area contributed by atoms with E-state index in [2.05, 4.69) is 37.3 Å². The predicted molar refractivity (Wildman–Crippen MR) is 111 cm³/mol. The molecule has 0 aromatic carbocycles. The summed E-state index contributed by atoms with van der Waals surface area (Å²) in [6.45, 7) is 2.77. The first-order chi connectivity index (χ1) is 14.7. The Morgan fingerprint density at radius 3 is 2.23 bits per heavy atom. The van der Waals surface area contributed by atoms with Gasteiger partial charge in [0.15, 0.2) is 0 Å². The van der Waals surface area contributed by atoms with E-state index in [1.54, 1.807) is 18.5 Å². The standard InChI is InChI=1S/C22H23N5O3/c28-22(29)26-19-7-1-6-18(25-19)21(27-10-12-30-13-11-27)20(16-4-2-8-23-14-16)17-5-3-9-24-15-17/h1-9,14-15,20-21H,10-13H2,(H,25,26)(H,28,29). The highest BCUT2D eigenvalue weighted by molar-refractivity contribution is 5.81. The molecule has 1 saturated heterocycles. The molecule has 2 N–H and O–H groups in total. The minimum absolute atomic E-state index is 0.0851. The van der Waals surface area contributed by atoms with E-state index in [-0.39, 0.29) is 12.0 Å². The molecular formula is C22H23N5O3. The summed E-state index contributed by atoms with van der Waals surface area (Å²) in [7, 11) is 0. The van der Waals surface area contributed by atoms with Crippen molar-refractivity contribution in [3.8, 4) is 0 Å². The summed E-state index contributed by atoms with van der Waals surface area (Å²) in [5.41, 5.74) is 2.86. The molecule has 0 radical (unpaired) electrons. The fraction of sp³-hybridized carbons (Fsp3) is 0.273. The van der Waals surface area contributed by atoms with Crippen LogP contribution in [0.25, 0.3) is 0 Å². The zero-order valence-electron chi connectivity index (χ0n) is 16.4. The number of nitrogens with one attached hydrogen (secondary N) is 1. The molecule has 1 aliphatic heterocycles. The molecule has 1 fully saturated rings. The van der Waals surface area contributed by atoms with Gasteiger partial charge in [-0.05, 0) is 35.4 Å². The lowest BCUT2D eigenvalue weighted by Gasteiger charge is -2.39. The predicted octanol–water partition coefficient (Wildman–Crippen LogP) is 3.17. The topological polar surface area (TPSA) is 100 Å². The lowest BCUT2D eigenvalue weighted by molar-refractivity contribution is 0.0115. The fourth-order valence-corrected chi connectivity index (χ4v) is 3.90. The van der Waals surface area contributed by atoms with Gasteiger partial charge in [0.1, 0.15) is 5.82 Å². The van der Waals surface area contributed by atoms with Crippen molar-refractivity contribution in [3.63, 3.8) is 0 Å². The zero-order chi connectivity index (χ0) is 20.8. The van der Waals surface area contributed by atoms with E-state index in [1.807, 2.05) is 36.7 Å². The molecule has 0 aliphatic carbocycles. The Balaban J connectivity index is 1.83. The lowest BCUT2D eigenvalue weighted by atomic mass is 9.83. The summed E-state index contributed by atoms with van der Waals surface area (Å²) in [5, 5.41) is 11.5. The molecule has 3 aromatic heterocycles.